The molecular formula is C12H19N3O4S. The number of hydrogen-bond donors (Lipinski definition) is 3. The molecular weight excluding hydrogens is 282 g/mol. The molecule has 0 heterocycles. The normalized spacial score (nSPS) is 11.1. The van der Waals surface area contributed by atoms with E-state index >= 15 is 0 Å². The maximum atomic E-state index is 11.4. The SMILES string of the molecule is CNS(=O)(=O)CCNC(=O)CCOc1ccc(N)cc1. The Labute approximate surface area is 118 Å². The van der Waals surface area contributed by atoms with Crippen LogP contribution >= 0.6 is 0 Å². The summed E-state index contributed by atoms with van der Waals surface area (Å²) in [5, 5.41) is 2.51. The van der Waals surface area contributed by atoms with Gasteiger partial charge >= 0.3 is 0 Å². The first kappa shape index (κ1) is 16.3. The van der Waals surface area contributed by atoms with E-state index in [1.165, 1.54) is 7.05 Å². The highest BCUT2D eigenvalue weighted by Crippen LogP contribution is 2.12. The van der Waals surface area contributed by atoms with Crippen molar-refractivity contribution in [3.05, 3.63) is 24.3 Å². The number of rotatable bonds is 8. The second-order valence-corrected chi connectivity index (χ2v) is 6.09. The Kier molecular flexibility index (Phi) is 6.26. The number of carbonyl (C=O) groups excluding carboxylic acids is 1. The van der Waals surface area contributed by atoms with E-state index in [9.17, 15) is 13.2 Å². The van der Waals surface area contributed by atoms with Gasteiger partial charge in [-0.2, -0.15) is 0 Å². The molecule has 0 bridgehead atoms. The smallest absolute Gasteiger partial charge is 0.223 e. The van der Waals surface area contributed by atoms with Crippen LogP contribution in [0.3, 0.4) is 0 Å². The first-order chi connectivity index (χ1) is 9.43. The summed E-state index contributed by atoms with van der Waals surface area (Å²) in [6.07, 6.45) is 0.157. The van der Waals surface area contributed by atoms with Crippen molar-refractivity contribution in [2.45, 2.75) is 6.42 Å². The number of nitrogens with two attached hydrogens (primary N) is 1. The Bertz CT molecular complexity index is 528. The minimum atomic E-state index is -3.29. The van der Waals surface area contributed by atoms with E-state index in [0.717, 1.165) is 0 Å². The monoisotopic (exact) mass is 301 g/mol. The molecule has 8 heteroatoms. The van der Waals surface area contributed by atoms with E-state index in [-0.39, 0.29) is 31.2 Å². The van der Waals surface area contributed by atoms with Gasteiger partial charge in [-0.1, -0.05) is 0 Å². The molecule has 1 rings (SSSR count). The largest absolute Gasteiger partial charge is 0.493 e. The summed E-state index contributed by atoms with van der Waals surface area (Å²) in [5.74, 6) is 0.227. The van der Waals surface area contributed by atoms with Crippen LogP contribution in [0.2, 0.25) is 0 Å². The Morgan fingerprint density at radius 3 is 2.55 bits per heavy atom. The Morgan fingerprint density at radius 2 is 1.95 bits per heavy atom. The van der Waals surface area contributed by atoms with E-state index < -0.39 is 10.0 Å². The average Bonchev–Trinajstić information content (AvgIpc) is 2.41. The Morgan fingerprint density at radius 1 is 1.30 bits per heavy atom. The molecule has 0 aliphatic carbocycles. The van der Waals surface area contributed by atoms with Gasteiger partial charge in [0.25, 0.3) is 0 Å². The lowest BCUT2D eigenvalue weighted by Gasteiger charge is -2.07. The quantitative estimate of drug-likeness (QED) is 0.571. The van der Waals surface area contributed by atoms with Crippen LogP contribution in [0.15, 0.2) is 24.3 Å². The van der Waals surface area contributed by atoms with Crippen LogP contribution < -0.4 is 20.5 Å². The number of nitrogens with one attached hydrogen (secondary N) is 2. The standard InChI is InChI=1S/C12H19N3O4S/c1-14-20(17,18)9-7-15-12(16)6-8-19-11-4-2-10(13)3-5-11/h2-5,14H,6-9,13H2,1H3,(H,15,16). The number of anilines is 1. The average molecular weight is 301 g/mol. The third kappa shape index (κ3) is 6.39. The zero-order valence-corrected chi connectivity index (χ0v) is 12.1. The second-order valence-electron chi connectivity index (χ2n) is 4.04. The number of sulfonamides is 1. The summed E-state index contributed by atoms with van der Waals surface area (Å²) in [7, 11) is -1.96. The van der Waals surface area contributed by atoms with E-state index in [1.54, 1.807) is 24.3 Å². The molecule has 0 aromatic heterocycles. The van der Waals surface area contributed by atoms with Gasteiger partial charge in [-0.15, -0.1) is 0 Å². The summed E-state index contributed by atoms with van der Waals surface area (Å²) in [6.45, 7) is 0.290. The molecule has 0 spiro atoms. The molecule has 20 heavy (non-hydrogen) atoms. The minimum Gasteiger partial charge on any atom is -0.493 e. The molecule has 1 amide bonds. The zero-order valence-electron chi connectivity index (χ0n) is 11.3. The predicted molar refractivity (Wildman–Crippen MR) is 76.8 cm³/mol. The Hall–Kier alpha value is -1.80. The molecule has 0 unspecified atom stereocenters. The number of hydrogen-bond acceptors (Lipinski definition) is 5. The van der Waals surface area contributed by atoms with Gasteiger partial charge in [-0.25, -0.2) is 13.1 Å². The first-order valence-corrected chi connectivity index (χ1v) is 7.74. The number of benzene rings is 1. The van der Waals surface area contributed by atoms with Crippen molar-refractivity contribution in [1.29, 1.82) is 0 Å². The van der Waals surface area contributed by atoms with Crippen LogP contribution in [0.4, 0.5) is 5.69 Å². The number of carbonyl (C=O) groups is 1. The number of ether oxygens (including phenoxy) is 1. The van der Waals surface area contributed by atoms with Crippen molar-refractivity contribution in [1.82, 2.24) is 10.0 Å². The molecule has 0 saturated carbocycles. The third-order valence-electron chi connectivity index (χ3n) is 2.48. The number of amides is 1. The summed E-state index contributed by atoms with van der Waals surface area (Å²) in [6, 6.07) is 6.84. The van der Waals surface area contributed by atoms with Gasteiger partial charge < -0.3 is 15.8 Å². The molecule has 1 aromatic rings. The molecule has 0 aliphatic rings. The fraction of sp³-hybridized carbons (Fsp3) is 0.417. The zero-order chi connectivity index (χ0) is 15.0. The van der Waals surface area contributed by atoms with Gasteiger partial charge in [0.2, 0.25) is 15.9 Å². The first-order valence-electron chi connectivity index (χ1n) is 6.09. The summed E-state index contributed by atoms with van der Waals surface area (Å²) < 4.78 is 29.7. The summed E-state index contributed by atoms with van der Waals surface area (Å²) >= 11 is 0. The van der Waals surface area contributed by atoms with Crippen LogP contribution in [-0.2, 0) is 14.8 Å². The van der Waals surface area contributed by atoms with E-state index in [2.05, 4.69) is 10.0 Å². The van der Waals surface area contributed by atoms with Gasteiger partial charge in [0.15, 0.2) is 0 Å². The summed E-state index contributed by atoms with van der Waals surface area (Å²) in [4.78, 5) is 11.4. The topological polar surface area (TPSA) is 111 Å². The fourth-order valence-corrected chi connectivity index (χ4v) is 1.92. The molecule has 112 valence electrons. The van der Waals surface area contributed by atoms with Crippen LogP contribution in [0.1, 0.15) is 6.42 Å². The summed E-state index contributed by atoms with van der Waals surface area (Å²) in [5.41, 5.74) is 6.17. The highest BCUT2D eigenvalue weighted by atomic mass is 32.2. The van der Waals surface area contributed by atoms with Crippen molar-refractivity contribution < 1.29 is 17.9 Å². The van der Waals surface area contributed by atoms with Gasteiger partial charge in [0.1, 0.15) is 5.75 Å². The van der Waals surface area contributed by atoms with Gasteiger partial charge in [-0.05, 0) is 31.3 Å². The van der Waals surface area contributed by atoms with Gasteiger partial charge in [-0.3, -0.25) is 4.79 Å². The molecule has 7 nitrogen and oxygen atoms in total. The second kappa shape index (κ2) is 7.71. The lowest BCUT2D eigenvalue weighted by atomic mass is 10.3. The van der Waals surface area contributed by atoms with Crippen molar-refractivity contribution in [3.8, 4) is 5.75 Å². The van der Waals surface area contributed by atoms with E-state index in [0.29, 0.717) is 11.4 Å². The van der Waals surface area contributed by atoms with E-state index in [1.807, 2.05) is 0 Å². The number of nitrogen functional groups attached to an aromatic ring is 1. The van der Waals surface area contributed by atoms with Crippen LogP contribution in [0.5, 0.6) is 5.75 Å². The molecule has 1 aromatic carbocycles. The third-order valence-corrected chi connectivity index (χ3v) is 3.85. The Balaban J connectivity index is 2.19. The maximum Gasteiger partial charge on any atom is 0.223 e. The molecule has 0 aliphatic heterocycles. The fourth-order valence-electron chi connectivity index (χ4n) is 1.34. The lowest BCUT2D eigenvalue weighted by molar-refractivity contribution is -0.121. The molecule has 0 radical (unpaired) electrons. The van der Waals surface area contributed by atoms with E-state index in [4.69, 9.17) is 10.5 Å². The predicted octanol–water partition coefficient (Wildman–Crippen LogP) is -0.297. The molecule has 0 fully saturated rings. The van der Waals surface area contributed by atoms with Crippen molar-refractivity contribution in [2.75, 3.05) is 31.7 Å². The van der Waals surface area contributed by atoms with Gasteiger partial charge in [0, 0.05) is 12.2 Å². The lowest BCUT2D eigenvalue weighted by Crippen LogP contribution is -2.33. The van der Waals surface area contributed by atoms with Crippen molar-refractivity contribution in [2.24, 2.45) is 0 Å². The van der Waals surface area contributed by atoms with Gasteiger partial charge in [0.05, 0.1) is 18.8 Å². The maximum absolute atomic E-state index is 11.4. The molecule has 4 N–H and O–H groups in total. The molecule has 0 saturated heterocycles. The van der Waals surface area contributed by atoms with Crippen molar-refractivity contribution >= 4 is 21.6 Å². The highest BCUT2D eigenvalue weighted by Gasteiger charge is 2.08. The minimum absolute atomic E-state index is 0.0733. The highest BCUT2D eigenvalue weighted by molar-refractivity contribution is 7.89. The van der Waals surface area contributed by atoms with Crippen LogP contribution in [-0.4, -0.2) is 40.3 Å². The van der Waals surface area contributed by atoms with Crippen LogP contribution in [0.25, 0.3) is 0 Å². The van der Waals surface area contributed by atoms with Crippen molar-refractivity contribution in [3.63, 3.8) is 0 Å². The van der Waals surface area contributed by atoms with Crippen LogP contribution in [0, 0.1) is 0 Å². The molecule has 0 atom stereocenters.